The highest BCUT2D eigenvalue weighted by molar-refractivity contribution is 5.79. The summed E-state index contributed by atoms with van der Waals surface area (Å²) in [6, 6.07) is 6.35. The van der Waals surface area contributed by atoms with Crippen molar-refractivity contribution in [2.75, 3.05) is 26.2 Å². The van der Waals surface area contributed by atoms with Gasteiger partial charge < -0.3 is 10.4 Å². The highest BCUT2D eigenvalue weighted by Gasteiger charge is 2.22. The molecule has 0 spiro atoms. The number of piperazine rings is 1. The Bertz CT molecular complexity index is 472. The van der Waals surface area contributed by atoms with E-state index < -0.39 is 12.0 Å². The zero-order valence-electron chi connectivity index (χ0n) is 11.2. The number of nitrogens with zero attached hydrogens (tertiary/aromatic N) is 1. The third kappa shape index (κ3) is 3.86. The highest BCUT2D eigenvalue weighted by Crippen LogP contribution is 2.10. The normalized spacial score (nSPS) is 17.6. The molecule has 1 aliphatic rings. The van der Waals surface area contributed by atoms with Gasteiger partial charge in [0.2, 0.25) is 0 Å². The van der Waals surface area contributed by atoms with E-state index >= 15 is 0 Å². The van der Waals surface area contributed by atoms with Crippen LogP contribution >= 0.6 is 0 Å². The number of carboxylic acids is 1. The van der Waals surface area contributed by atoms with E-state index in [1.54, 1.807) is 18.2 Å². The predicted molar refractivity (Wildman–Crippen MR) is 74.5 cm³/mol. The standard InChI is InChI=1S/C14H19N3O3/c18-10-12-4-2-1-3-11(12)9-13(14(19)20)16-17-7-5-15-6-8-17/h1-4,10,13,15-16H,5-9H2,(H,19,20)/t13-/m0/s1. The monoisotopic (exact) mass is 277 g/mol. The van der Waals surface area contributed by atoms with Crippen LogP contribution in [-0.4, -0.2) is 54.6 Å². The van der Waals surface area contributed by atoms with E-state index in [0.29, 0.717) is 5.56 Å². The van der Waals surface area contributed by atoms with E-state index in [9.17, 15) is 14.7 Å². The quantitative estimate of drug-likeness (QED) is 0.630. The summed E-state index contributed by atoms with van der Waals surface area (Å²) in [5.41, 5.74) is 4.32. The molecule has 108 valence electrons. The minimum Gasteiger partial charge on any atom is -0.480 e. The van der Waals surface area contributed by atoms with E-state index in [1.165, 1.54) is 0 Å². The minimum absolute atomic E-state index is 0.286. The number of carboxylic acid groups (broad SMARTS) is 1. The van der Waals surface area contributed by atoms with Gasteiger partial charge >= 0.3 is 5.97 Å². The minimum atomic E-state index is -0.913. The maximum absolute atomic E-state index is 11.4. The molecule has 0 aliphatic carbocycles. The van der Waals surface area contributed by atoms with Crippen molar-refractivity contribution >= 4 is 12.3 Å². The first kappa shape index (κ1) is 14.6. The van der Waals surface area contributed by atoms with Crippen molar-refractivity contribution in [3.05, 3.63) is 35.4 Å². The van der Waals surface area contributed by atoms with Gasteiger partial charge in [0, 0.05) is 38.2 Å². The van der Waals surface area contributed by atoms with Crippen LogP contribution in [0.15, 0.2) is 24.3 Å². The average molecular weight is 277 g/mol. The largest absolute Gasteiger partial charge is 0.480 e. The Morgan fingerprint density at radius 1 is 1.40 bits per heavy atom. The second-order valence-corrected chi connectivity index (χ2v) is 4.78. The zero-order chi connectivity index (χ0) is 14.4. The number of nitrogens with one attached hydrogen (secondary N) is 2. The van der Waals surface area contributed by atoms with E-state index in [1.807, 2.05) is 11.1 Å². The molecule has 0 aromatic heterocycles. The molecule has 0 amide bonds. The first-order chi connectivity index (χ1) is 9.70. The SMILES string of the molecule is O=Cc1ccccc1C[C@H](NN1CCNCC1)C(=O)O. The first-order valence-electron chi connectivity index (χ1n) is 6.68. The number of hydrazine groups is 1. The van der Waals surface area contributed by atoms with E-state index in [2.05, 4.69) is 10.7 Å². The molecular formula is C14H19N3O3. The number of aldehydes is 1. The Hall–Kier alpha value is -1.76. The van der Waals surface area contributed by atoms with Crippen LogP contribution in [0.4, 0.5) is 0 Å². The Morgan fingerprint density at radius 3 is 2.75 bits per heavy atom. The van der Waals surface area contributed by atoms with Crippen LogP contribution in [0, 0.1) is 0 Å². The molecule has 6 heteroatoms. The molecule has 0 bridgehead atoms. The Labute approximate surface area is 117 Å². The molecule has 1 atom stereocenters. The Morgan fingerprint density at radius 2 is 2.10 bits per heavy atom. The molecule has 1 aromatic rings. The smallest absolute Gasteiger partial charge is 0.322 e. The molecule has 1 saturated heterocycles. The number of hydrogen-bond acceptors (Lipinski definition) is 5. The van der Waals surface area contributed by atoms with Crippen LogP contribution in [0.3, 0.4) is 0 Å². The lowest BCUT2D eigenvalue weighted by Crippen LogP contribution is -2.56. The van der Waals surface area contributed by atoms with Gasteiger partial charge in [-0.15, -0.1) is 0 Å². The van der Waals surface area contributed by atoms with Crippen LogP contribution < -0.4 is 10.7 Å². The number of rotatable bonds is 6. The molecule has 2 rings (SSSR count). The molecule has 1 heterocycles. The van der Waals surface area contributed by atoms with Crippen molar-refractivity contribution in [3.63, 3.8) is 0 Å². The third-order valence-corrected chi connectivity index (χ3v) is 3.36. The molecule has 0 saturated carbocycles. The molecule has 1 fully saturated rings. The second-order valence-electron chi connectivity index (χ2n) is 4.78. The maximum atomic E-state index is 11.4. The van der Waals surface area contributed by atoms with Crippen molar-refractivity contribution < 1.29 is 14.7 Å². The van der Waals surface area contributed by atoms with Crippen molar-refractivity contribution in [1.82, 2.24) is 15.8 Å². The van der Waals surface area contributed by atoms with Gasteiger partial charge in [0.1, 0.15) is 12.3 Å². The Balaban J connectivity index is 2.04. The molecule has 6 nitrogen and oxygen atoms in total. The zero-order valence-corrected chi connectivity index (χ0v) is 11.2. The lowest BCUT2D eigenvalue weighted by molar-refractivity contribution is -0.141. The first-order valence-corrected chi connectivity index (χ1v) is 6.68. The van der Waals surface area contributed by atoms with Crippen molar-refractivity contribution in [2.45, 2.75) is 12.5 Å². The van der Waals surface area contributed by atoms with Crippen LogP contribution in [0.5, 0.6) is 0 Å². The van der Waals surface area contributed by atoms with E-state index in [-0.39, 0.29) is 6.42 Å². The summed E-state index contributed by atoms with van der Waals surface area (Å²) in [4.78, 5) is 22.4. The summed E-state index contributed by atoms with van der Waals surface area (Å²) in [6.45, 7) is 3.20. The third-order valence-electron chi connectivity index (χ3n) is 3.36. The molecule has 20 heavy (non-hydrogen) atoms. The summed E-state index contributed by atoms with van der Waals surface area (Å²) in [6.07, 6.45) is 1.05. The summed E-state index contributed by atoms with van der Waals surface area (Å²) >= 11 is 0. The number of aliphatic carboxylic acids is 1. The van der Waals surface area contributed by atoms with Crippen molar-refractivity contribution in [3.8, 4) is 0 Å². The fraction of sp³-hybridized carbons (Fsp3) is 0.429. The predicted octanol–water partition coefficient (Wildman–Crippen LogP) is -0.0954. The fourth-order valence-electron chi connectivity index (χ4n) is 2.26. The molecule has 3 N–H and O–H groups in total. The van der Waals surface area contributed by atoms with E-state index in [0.717, 1.165) is 38.0 Å². The number of hydrogen-bond donors (Lipinski definition) is 3. The number of carbonyl (C=O) groups excluding carboxylic acids is 1. The van der Waals surface area contributed by atoms with Gasteiger partial charge in [-0.2, -0.15) is 0 Å². The molecule has 0 radical (unpaired) electrons. The highest BCUT2D eigenvalue weighted by atomic mass is 16.4. The second kappa shape index (κ2) is 7.14. The molecular weight excluding hydrogens is 258 g/mol. The van der Waals surface area contributed by atoms with Crippen LogP contribution in [0.2, 0.25) is 0 Å². The summed E-state index contributed by atoms with van der Waals surface area (Å²) in [5.74, 6) is -0.913. The number of benzene rings is 1. The van der Waals surface area contributed by atoms with Gasteiger partial charge in [0.15, 0.2) is 0 Å². The molecule has 1 aromatic carbocycles. The topological polar surface area (TPSA) is 81.7 Å². The van der Waals surface area contributed by atoms with Crippen molar-refractivity contribution in [2.24, 2.45) is 0 Å². The van der Waals surface area contributed by atoms with E-state index in [4.69, 9.17) is 0 Å². The fourth-order valence-corrected chi connectivity index (χ4v) is 2.26. The average Bonchev–Trinajstić information content (AvgIpc) is 2.48. The van der Waals surface area contributed by atoms with Gasteiger partial charge in [-0.3, -0.25) is 9.59 Å². The van der Waals surface area contributed by atoms with Gasteiger partial charge in [-0.05, 0) is 5.56 Å². The lowest BCUT2D eigenvalue weighted by atomic mass is 10.0. The molecule has 0 unspecified atom stereocenters. The summed E-state index contributed by atoms with van der Waals surface area (Å²) < 4.78 is 0. The van der Waals surface area contributed by atoms with Gasteiger partial charge in [0.25, 0.3) is 0 Å². The summed E-state index contributed by atoms with van der Waals surface area (Å²) in [5, 5.41) is 14.5. The van der Waals surface area contributed by atoms with Gasteiger partial charge in [-0.25, -0.2) is 10.4 Å². The Kier molecular flexibility index (Phi) is 5.23. The van der Waals surface area contributed by atoms with Crippen LogP contribution in [0.25, 0.3) is 0 Å². The van der Waals surface area contributed by atoms with Gasteiger partial charge in [0.05, 0.1) is 0 Å². The van der Waals surface area contributed by atoms with Crippen LogP contribution in [-0.2, 0) is 11.2 Å². The maximum Gasteiger partial charge on any atom is 0.322 e. The number of carbonyl (C=O) groups is 2. The van der Waals surface area contributed by atoms with Crippen LogP contribution in [0.1, 0.15) is 15.9 Å². The molecule has 1 aliphatic heterocycles. The van der Waals surface area contributed by atoms with Gasteiger partial charge in [-0.1, -0.05) is 24.3 Å². The van der Waals surface area contributed by atoms with Crippen molar-refractivity contribution in [1.29, 1.82) is 0 Å². The summed E-state index contributed by atoms with van der Waals surface area (Å²) in [7, 11) is 0. The lowest BCUT2D eigenvalue weighted by Gasteiger charge is -2.30.